The van der Waals surface area contributed by atoms with Gasteiger partial charge < -0.3 is 9.73 Å². The normalized spacial score (nSPS) is 27.0. The van der Waals surface area contributed by atoms with E-state index in [1.165, 1.54) is 6.42 Å². The molecule has 1 aliphatic heterocycles. The number of hydrogen-bond donors (Lipinski definition) is 1. The lowest BCUT2D eigenvalue weighted by Crippen LogP contribution is -2.48. The fourth-order valence-electron chi connectivity index (χ4n) is 2.36. The zero-order valence-corrected chi connectivity index (χ0v) is 11.1. The first-order valence-corrected chi connectivity index (χ1v) is 6.50. The summed E-state index contributed by atoms with van der Waals surface area (Å²) in [4.78, 5) is 6.72. The van der Waals surface area contributed by atoms with Gasteiger partial charge in [0.2, 0.25) is 5.89 Å². The van der Waals surface area contributed by atoms with Crippen LogP contribution >= 0.6 is 0 Å². The molecule has 4 heteroatoms. The van der Waals surface area contributed by atoms with Crippen LogP contribution in [-0.4, -0.2) is 35.1 Å². The molecule has 0 amide bonds. The van der Waals surface area contributed by atoms with E-state index in [1.54, 1.807) is 6.20 Å². The van der Waals surface area contributed by atoms with E-state index in [9.17, 15) is 0 Å². The molecule has 17 heavy (non-hydrogen) atoms. The summed E-state index contributed by atoms with van der Waals surface area (Å²) in [6.45, 7) is 10.6. The molecular weight excluding hydrogens is 214 g/mol. The second-order valence-corrected chi connectivity index (χ2v) is 5.27. The third-order valence-corrected chi connectivity index (χ3v) is 3.58. The van der Waals surface area contributed by atoms with Crippen LogP contribution in [0, 0.1) is 6.92 Å². The molecule has 96 valence electrons. The Hall–Kier alpha value is -0.870. The number of hydrogen-bond acceptors (Lipinski definition) is 4. The van der Waals surface area contributed by atoms with E-state index in [2.05, 4.69) is 29.0 Å². The Balaban J connectivity index is 1.99. The predicted octanol–water partition coefficient (Wildman–Crippen LogP) is 1.95. The number of nitrogens with one attached hydrogen (secondary N) is 1. The third kappa shape index (κ3) is 3.30. The molecule has 0 spiro atoms. The highest BCUT2D eigenvalue weighted by molar-refractivity contribution is 4.93. The zero-order valence-electron chi connectivity index (χ0n) is 11.1. The Kier molecular flexibility index (Phi) is 3.84. The number of rotatable bonds is 3. The molecule has 1 fully saturated rings. The van der Waals surface area contributed by atoms with Gasteiger partial charge in [-0.1, -0.05) is 6.92 Å². The number of oxazole rings is 1. The maximum atomic E-state index is 5.56. The topological polar surface area (TPSA) is 41.3 Å². The molecule has 2 heterocycles. The van der Waals surface area contributed by atoms with Crippen LogP contribution in [0.25, 0.3) is 0 Å². The van der Waals surface area contributed by atoms with E-state index in [0.717, 1.165) is 44.3 Å². The Morgan fingerprint density at radius 1 is 1.59 bits per heavy atom. The fraction of sp³-hybridized carbons (Fsp3) is 0.769. The van der Waals surface area contributed by atoms with Crippen molar-refractivity contribution in [2.24, 2.45) is 0 Å². The van der Waals surface area contributed by atoms with Gasteiger partial charge >= 0.3 is 0 Å². The van der Waals surface area contributed by atoms with Crippen molar-refractivity contribution in [2.75, 3.05) is 19.6 Å². The van der Waals surface area contributed by atoms with E-state index < -0.39 is 0 Å². The standard InChI is InChI=1S/C13H23N3O/c1-4-13(3)10-16(7-5-6-15-13)9-12-14-8-11(2)17-12/h8,15H,4-7,9-10H2,1-3H3. The minimum atomic E-state index is 0.220. The second kappa shape index (κ2) is 5.19. The van der Waals surface area contributed by atoms with E-state index in [-0.39, 0.29) is 5.54 Å². The average molecular weight is 237 g/mol. The highest BCUT2D eigenvalue weighted by Crippen LogP contribution is 2.17. The SMILES string of the molecule is CCC1(C)CN(Cc2ncc(C)o2)CCCN1. The van der Waals surface area contributed by atoms with Crippen LogP contribution in [0.3, 0.4) is 0 Å². The molecule has 0 aliphatic carbocycles. The number of aromatic nitrogens is 1. The van der Waals surface area contributed by atoms with Crippen molar-refractivity contribution >= 4 is 0 Å². The van der Waals surface area contributed by atoms with Crippen LogP contribution in [0.15, 0.2) is 10.6 Å². The van der Waals surface area contributed by atoms with Crippen LogP contribution in [0.4, 0.5) is 0 Å². The molecule has 0 saturated carbocycles. The molecule has 1 unspecified atom stereocenters. The van der Waals surface area contributed by atoms with Crippen LogP contribution in [-0.2, 0) is 6.54 Å². The van der Waals surface area contributed by atoms with E-state index >= 15 is 0 Å². The van der Waals surface area contributed by atoms with Crippen molar-refractivity contribution < 1.29 is 4.42 Å². The van der Waals surface area contributed by atoms with Gasteiger partial charge in [-0.2, -0.15) is 0 Å². The molecule has 0 radical (unpaired) electrons. The van der Waals surface area contributed by atoms with Gasteiger partial charge in [0.25, 0.3) is 0 Å². The summed E-state index contributed by atoms with van der Waals surface area (Å²) < 4.78 is 5.56. The van der Waals surface area contributed by atoms with Crippen molar-refractivity contribution in [1.29, 1.82) is 0 Å². The lowest BCUT2D eigenvalue weighted by molar-refractivity contribution is 0.192. The van der Waals surface area contributed by atoms with Gasteiger partial charge in [0.15, 0.2) is 0 Å². The Morgan fingerprint density at radius 3 is 3.06 bits per heavy atom. The molecule has 1 saturated heterocycles. The van der Waals surface area contributed by atoms with Crippen LogP contribution < -0.4 is 5.32 Å². The molecule has 1 aromatic heterocycles. The van der Waals surface area contributed by atoms with Crippen LogP contribution in [0.1, 0.15) is 38.3 Å². The quantitative estimate of drug-likeness (QED) is 0.872. The van der Waals surface area contributed by atoms with Crippen molar-refractivity contribution in [1.82, 2.24) is 15.2 Å². The maximum absolute atomic E-state index is 5.56. The molecule has 2 rings (SSSR count). The Labute approximate surface area is 103 Å². The maximum Gasteiger partial charge on any atom is 0.208 e. The molecule has 1 atom stereocenters. The summed E-state index contributed by atoms with van der Waals surface area (Å²) in [6.07, 6.45) is 4.13. The van der Waals surface area contributed by atoms with E-state index in [0.29, 0.717) is 0 Å². The fourth-order valence-corrected chi connectivity index (χ4v) is 2.36. The zero-order chi connectivity index (χ0) is 12.3. The molecule has 0 bridgehead atoms. The van der Waals surface area contributed by atoms with Gasteiger partial charge in [-0.3, -0.25) is 4.90 Å². The molecule has 0 aromatic carbocycles. The first kappa shape index (κ1) is 12.6. The van der Waals surface area contributed by atoms with Gasteiger partial charge in [-0.05, 0) is 39.8 Å². The van der Waals surface area contributed by atoms with Gasteiger partial charge in [-0.25, -0.2) is 4.98 Å². The minimum absolute atomic E-state index is 0.220. The van der Waals surface area contributed by atoms with Crippen LogP contribution in [0.5, 0.6) is 0 Å². The van der Waals surface area contributed by atoms with Crippen LogP contribution in [0.2, 0.25) is 0 Å². The lowest BCUT2D eigenvalue weighted by atomic mass is 9.99. The summed E-state index contributed by atoms with van der Waals surface area (Å²) in [5, 5.41) is 3.64. The van der Waals surface area contributed by atoms with Gasteiger partial charge in [0.1, 0.15) is 5.76 Å². The number of aryl methyl sites for hydroxylation is 1. The molecule has 4 nitrogen and oxygen atoms in total. The monoisotopic (exact) mass is 237 g/mol. The summed E-state index contributed by atoms with van der Waals surface area (Å²) in [5.74, 6) is 1.73. The lowest BCUT2D eigenvalue weighted by Gasteiger charge is -2.32. The van der Waals surface area contributed by atoms with E-state index in [1.807, 2.05) is 6.92 Å². The largest absolute Gasteiger partial charge is 0.445 e. The van der Waals surface area contributed by atoms with E-state index in [4.69, 9.17) is 4.42 Å². The molecule has 1 aromatic rings. The first-order chi connectivity index (χ1) is 8.11. The molecular formula is C13H23N3O. The highest BCUT2D eigenvalue weighted by Gasteiger charge is 2.27. The Bertz CT molecular complexity index is 363. The third-order valence-electron chi connectivity index (χ3n) is 3.58. The summed E-state index contributed by atoms with van der Waals surface area (Å²) in [6, 6.07) is 0. The first-order valence-electron chi connectivity index (χ1n) is 6.50. The smallest absolute Gasteiger partial charge is 0.208 e. The summed E-state index contributed by atoms with van der Waals surface area (Å²) in [7, 11) is 0. The average Bonchev–Trinajstić information content (AvgIpc) is 2.59. The minimum Gasteiger partial charge on any atom is -0.445 e. The summed E-state index contributed by atoms with van der Waals surface area (Å²) >= 11 is 0. The van der Waals surface area contributed by atoms with Gasteiger partial charge in [0, 0.05) is 12.1 Å². The van der Waals surface area contributed by atoms with Crippen molar-refractivity contribution in [3.8, 4) is 0 Å². The van der Waals surface area contributed by atoms with Gasteiger partial charge in [-0.15, -0.1) is 0 Å². The van der Waals surface area contributed by atoms with Crippen molar-refractivity contribution in [3.05, 3.63) is 17.8 Å². The summed E-state index contributed by atoms with van der Waals surface area (Å²) in [5.41, 5.74) is 0.220. The predicted molar refractivity (Wildman–Crippen MR) is 67.8 cm³/mol. The second-order valence-electron chi connectivity index (χ2n) is 5.27. The molecule has 1 N–H and O–H groups in total. The molecule has 1 aliphatic rings. The van der Waals surface area contributed by atoms with Gasteiger partial charge in [0.05, 0.1) is 12.7 Å². The Morgan fingerprint density at radius 2 is 2.41 bits per heavy atom. The number of nitrogens with zero attached hydrogens (tertiary/aromatic N) is 2. The van der Waals surface area contributed by atoms with Crippen molar-refractivity contribution in [3.63, 3.8) is 0 Å². The van der Waals surface area contributed by atoms with Crippen molar-refractivity contribution in [2.45, 2.75) is 45.7 Å². The highest BCUT2D eigenvalue weighted by atomic mass is 16.4.